The number of rotatable bonds is 6. The van der Waals surface area contributed by atoms with Crippen molar-refractivity contribution in [2.45, 2.75) is 19.4 Å². The van der Waals surface area contributed by atoms with Crippen LogP contribution in [-0.4, -0.2) is 43.2 Å². The molecule has 0 spiro atoms. The average molecular weight is 276 g/mol. The number of nitrogens with zero attached hydrogens (tertiary/aromatic N) is 2. The van der Waals surface area contributed by atoms with Crippen LogP contribution in [0.1, 0.15) is 12.8 Å². The minimum atomic E-state index is 0. The molecule has 1 aliphatic heterocycles. The van der Waals surface area contributed by atoms with Crippen molar-refractivity contribution in [3.63, 3.8) is 0 Å². The fraction of sp³-hybridized carbons (Fsp3) is 0.750. The molecule has 0 aliphatic carbocycles. The summed E-state index contributed by atoms with van der Waals surface area (Å²) in [5, 5.41) is 7.34. The normalized spacial score (nSPS) is 16.3. The molecule has 0 saturated carbocycles. The van der Waals surface area contributed by atoms with Crippen molar-refractivity contribution in [2.24, 2.45) is 5.92 Å². The van der Waals surface area contributed by atoms with Gasteiger partial charge in [0.2, 0.25) is 0 Å². The molecule has 0 amide bonds. The average Bonchev–Trinajstić information content (AvgIpc) is 2.83. The van der Waals surface area contributed by atoms with Gasteiger partial charge in [0.1, 0.15) is 0 Å². The molecule has 1 aromatic heterocycles. The van der Waals surface area contributed by atoms with E-state index in [0.29, 0.717) is 5.92 Å². The van der Waals surface area contributed by atoms with Crippen LogP contribution in [0.4, 0.5) is 0 Å². The Morgan fingerprint density at radius 1 is 1.50 bits per heavy atom. The molecule has 1 fully saturated rings. The van der Waals surface area contributed by atoms with Gasteiger partial charge in [-0.05, 0) is 25.8 Å². The summed E-state index contributed by atoms with van der Waals surface area (Å²) in [6.45, 7) is 4.31. The summed E-state index contributed by atoms with van der Waals surface area (Å²) in [6.07, 6.45) is 5.95. The highest BCUT2D eigenvalue weighted by Gasteiger charge is 2.14. The molecule has 104 valence electrons. The van der Waals surface area contributed by atoms with Gasteiger partial charge in [0.25, 0.3) is 0 Å². The molecule has 18 heavy (non-hydrogen) atoms. The summed E-state index contributed by atoms with van der Waals surface area (Å²) < 4.78 is 13.0. The fourth-order valence-corrected chi connectivity index (χ4v) is 1.89. The highest BCUT2D eigenvalue weighted by atomic mass is 35.5. The first-order valence-electron chi connectivity index (χ1n) is 6.26. The molecule has 5 nitrogen and oxygen atoms in total. The van der Waals surface area contributed by atoms with Crippen molar-refractivity contribution in [1.82, 2.24) is 15.1 Å². The summed E-state index contributed by atoms with van der Waals surface area (Å²) in [6, 6.07) is 0. The van der Waals surface area contributed by atoms with Gasteiger partial charge in [-0.3, -0.25) is 4.68 Å². The predicted molar refractivity (Wildman–Crippen MR) is 72.4 cm³/mol. The van der Waals surface area contributed by atoms with Gasteiger partial charge in [-0.1, -0.05) is 0 Å². The number of hydrogen-bond donors (Lipinski definition) is 1. The van der Waals surface area contributed by atoms with E-state index in [1.165, 1.54) is 0 Å². The van der Waals surface area contributed by atoms with Gasteiger partial charge in [-0.25, -0.2) is 0 Å². The van der Waals surface area contributed by atoms with Crippen molar-refractivity contribution in [1.29, 1.82) is 0 Å². The van der Waals surface area contributed by atoms with E-state index in [1.807, 2.05) is 17.9 Å². The summed E-state index contributed by atoms with van der Waals surface area (Å²) >= 11 is 0. The second-order valence-corrected chi connectivity index (χ2v) is 4.41. The molecule has 1 N–H and O–H groups in total. The van der Waals surface area contributed by atoms with E-state index >= 15 is 0 Å². The Hall–Kier alpha value is -0.780. The second kappa shape index (κ2) is 8.34. The Morgan fingerprint density at radius 3 is 3.00 bits per heavy atom. The first-order valence-corrected chi connectivity index (χ1v) is 6.26. The SMILES string of the molecule is CNCCn1cc(OCC2CCOCC2)cn1.Cl. The van der Waals surface area contributed by atoms with Crippen molar-refractivity contribution >= 4 is 12.4 Å². The molecule has 1 aromatic rings. The van der Waals surface area contributed by atoms with E-state index in [0.717, 1.165) is 51.5 Å². The topological polar surface area (TPSA) is 48.3 Å². The van der Waals surface area contributed by atoms with Crippen LogP contribution in [0.2, 0.25) is 0 Å². The summed E-state index contributed by atoms with van der Waals surface area (Å²) in [5.74, 6) is 1.50. The maximum atomic E-state index is 5.75. The van der Waals surface area contributed by atoms with Crippen LogP contribution in [0.15, 0.2) is 12.4 Å². The van der Waals surface area contributed by atoms with Gasteiger partial charge in [-0.2, -0.15) is 5.10 Å². The zero-order chi connectivity index (χ0) is 11.9. The van der Waals surface area contributed by atoms with Gasteiger partial charge in [0, 0.05) is 19.8 Å². The molecule has 1 aliphatic rings. The number of halogens is 1. The second-order valence-electron chi connectivity index (χ2n) is 4.41. The van der Waals surface area contributed by atoms with E-state index in [9.17, 15) is 0 Å². The van der Waals surface area contributed by atoms with Crippen LogP contribution in [0.5, 0.6) is 5.75 Å². The van der Waals surface area contributed by atoms with Gasteiger partial charge < -0.3 is 14.8 Å². The van der Waals surface area contributed by atoms with E-state index in [4.69, 9.17) is 9.47 Å². The Bertz CT molecular complexity index is 327. The van der Waals surface area contributed by atoms with Crippen LogP contribution < -0.4 is 10.1 Å². The molecular weight excluding hydrogens is 254 g/mol. The van der Waals surface area contributed by atoms with E-state index in [2.05, 4.69) is 10.4 Å². The van der Waals surface area contributed by atoms with Gasteiger partial charge in [-0.15, -0.1) is 12.4 Å². The number of ether oxygens (including phenoxy) is 2. The lowest BCUT2D eigenvalue weighted by Gasteiger charge is -2.21. The Kier molecular flexibility index (Phi) is 7.08. The lowest BCUT2D eigenvalue weighted by molar-refractivity contribution is 0.0497. The van der Waals surface area contributed by atoms with Crippen LogP contribution in [-0.2, 0) is 11.3 Å². The number of hydrogen-bond acceptors (Lipinski definition) is 4. The molecular formula is C12H22ClN3O2. The quantitative estimate of drug-likeness (QED) is 0.851. The molecule has 0 atom stereocenters. The van der Waals surface area contributed by atoms with Crippen LogP contribution in [0, 0.1) is 5.92 Å². The third-order valence-electron chi connectivity index (χ3n) is 3.03. The fourth-order valence-electron chi connectivity index (χ4n) is 1.89. The third-order valence-corrected chi connectivity index (χ3v) is 3.03. The van der Waals surface area contributed by atoms with Gasteiger partial charge in [0.15, 0.2) is 5.75 Å². The summed E-state index contributed by atoms with van der Waals surface area (Å²) in [4.78, 5) is 0. The third kappa shape index (κ3) is 4.84. The van der Waals surface area contributed by atoms with Crippen LogP contribution >= 0.6 is 12.4 Å². The first-order chi connectivity index (χ1) is 8.38. The molecule has 0 radical (unpaired) electrons. The largest absolute Gasteiger partial charge is 0.490 e. The monoisotopic (exact) mass is 275 g/mol. The smallest absolute Gasteiger partial charge is 0.157 e. The molecule has 2 heterocycles. The predicted octanol–water partition coefficient (Wildman–Crippen LogP) is 1.33. The minimum Gasteiger partial charge on any atom is -0.490 e. The highest BCUT2D eigenvalue weighted by molar-refractivity contribution is 5.85. The summed E-state index contributed by atoms with van der Waals surface area (Å²) in [7, 11) is 1.94. The number of nitrogens with one attached hydrogen (secondary N) is 1. The molecule has 2 rings (SSSR count). The number of likely N-dealkylation sites (N-methyl/N-ethyl adjacent to an activating group) is 1. The molecule has 0 aromatic carbocycles. The molecule has 1 saturated heterocycles. The Labute approximate surface area is 114 Å². The highest BCUT2D eigenvalue weighted by Crippen LogP contribution is 2.17. The van der Waals surface area contributed by atoms with Crippen LogP contribution in [0.3, 0.4) is 0 Å². The Balaban J connectivity index is 0.00000162. The van der Waals surface area contributed by atoms with Crippen molar-refractivity contribution < 1.29 is 9.47 Å². The minimum absolute atomic E-state index is 0. The standard InChI is InChI=1S/C12H21N3O2.ClH/c1-13-4-5-15-9-12(8-14-15)17-10-11-2-6-16-7-3-11;/h8-9,11,13H,2-7,10H2,1H3;1H. The zero-order valence-electron chi connectivity index (χ0n) is 10.8. The van der Waals surface area contributed by atoms with Crippen LogP contribution in [0.25, 0.3) is 0 Å². The number of aromatic nitrogens is 2. The molecule has 0 bridgehead atoms. The maximum absolute atomic E-state index is 5.75. The van der Waals surface area contributed by atoms with Gasteiger partial charge in [0.05, 0.1) is 25.5 Å². The zero-order valence-corrected chi connectivity index (χ0v) is 11.6. The van der Waals surface area contributed by atoms with Crippen molar-refractivity contribution in [3.05, 3.63) is 12.4 Å². The van der Waals surface area contributed by atoms with Crippen molar-refractivity contribution in [3.8, 4) is 5.75 Å². The Morgan fingerprint density at radius 2 is 2.28 bits per heavy atom. The maximum Gasteiger partial charge on any atom is 0.157 e. The summed E-state index contributed by atoms with van der Waals surface area (Å²) in [5.41, 5.74) is 0. The van der Waals surface area contributed by atoms with Crippen molar-refractivity contribution in [2.75, 3.05) is 33.4 Å². The molecule has 6 heteroatoms. The van der Waals surface area contributed by atoms with E-state index < -0.39 is 0 Å². The lowest BCUT2D eigenvalue weighted by atomic mass is 10.0. The molecule has 0 unspecified atom stereocenters. The van der Waals surface area contributed by atoms with Gasteiger partial charge >= 0.3 is 0 Å². The lowest BCUT2D eigenvalue weighted by Crippen LogP contribution is -2.21. The van der Waals surface area contributed by atoms with E-state index in [1.54, 1.807) is 6.20 Å². The first kappa shape index (κ1) is 15.3. The van der Waals surface area contributed by atoms with E-state index in [-0.39, 0.29) is 12.4 Å².